The molecule has 81 valence electrons. The van der Waals surface area contributed by atoms with Gasteiger partial charge in [0.05, 0.1) is 11.3 Å². The number of rotatable bonds is 3. The fourth-order valence-electron chi connectivity index (χ4n) is 0.971. The van der Waals surface area contributed by atoms with Crippen molar-refractivity contribution in [2.24, 2.45) is 0 Å². The van der Waals surface area contributed by atoms with Gasteiger partial charge in [-0.3, -0.25) is 4.98 Å². The molecule has 1 nitrogen and oxygen atoms in total. The zero-order chi connectivity index (χ0) is 11.5. The number of nitrogens with zero attached hydrogens (tertiary/aromatic N) is 1. The fraction of sp³-hybridized carbons (Fsp3) is 0.300. The summed E-state index contributed by atoms with van der Waals surface area (Å²) in [6, 6.07) is 1.88. The van der Waals surface area contributed by atoms with Crippen LogP contribution in [-0.4, -0.2) is 10.7 Å². The maximum Gasteiger partial charge on any atom is 0.416 e. The van der Waals surface area contributed by atoms with Crippen molar-refractivity contribution in [3.63, 3.8) is 0 Å². The Morgan fingerprint density at radius 2 is 2.20 bits per heavy atom. The summed E-state index contributed by atoms with van der Waals surface area (Å²) in [5.41, 5.74) is -0.552. The molecule has 1 radical (unpaired) electrons. The minimum atomic E-state index is -4.35. The highest BCUT2D eigenvalue weighted by atomic mass is 32.2. The second-order valence-corrected chi connectivity index (χ2v) is 4.03. The van der Waals surface area contributed by atoms with E-state index in [0.717, 1.165) is 18.3 Å². The molecule has 1 aromatic heterocycles. The van der Waals surface area contributed by atoms with Crippen LogP contribution < -0.4 is 0 Å². The lowest BCUT2D eigenvalue weighted by molar-refractivity contribution is -0.137. The Balaban J connectivity index is 2.98. The lowest BCUT2D eigenvalue weighted by atomic mass is 10.2. The summed E-state index contributed by atoms with van der Waals surface area (Å²) in [7, 11) is 0. The summed E-state index contributed by atoms with van der Waals surface area (Å²) in [6.07, 6.45) is -3.24. The van der Waals surface area contributed by atoms with Crippen molar-refractivity contribution >= 4 is 16.7 Å². The maximum atomic E-state index is 12.3. The molecule has 0 spiro atoms. The van der Waals surface area contributed by atoms with Crippen LogP contribution in [0.5, 0.6) is 0 Å². The van der Waals surface area contributed by atoms with Gasteiger partial charge in [0, 0.05) is 11.1 Å². The molecule has 5 heteroatoms. The van der Waals surface area contributed by atoms with Crippen molar-refractivity contribution in [1.82, 2.24) is 4.98 Å². The number of halogens is 3. The number of aromatic nitrogens is 1. The number of hydrogen-bond donors (Lipinski definition) is 0. The third-order valence-electron chi connectivity index (χ3n) is 1.64. The third-order valence-corrected chi connectivity index (χ3v) is 2.45. The first-order chi connectivity index (χ1) is 6.95. The van der Waals surface area contributed by atoms with Crippen molar-refractivity contribution in [3.8, 4) is 0 Å². The first-order valence-electron chi connectivity index (χ1n) is 4.24. The van der Waals surface area contributed by atoms with Gasteiger partial charge in [-0.1, -0.05) is 6.92 Å². The largest absolute Gasteiger partial charge is 0.416 e. The normalized spacial score (nSPS) is 11.5. The van der Waals surface area contributed by atoms with E-state index in [1.54, 1.807) is 0 Å². The molecule has 15 heavy (non-hydrogen) atoms. The molecule has 0 saturated heterocycles. The van der Waals surface area contributed by atoms with Crippen LogP contribution in [0.1, 0.15) is 18.2 Å². The zero-order valence-corrected chi connectivity index (χ0v) is 8.82. The van der Waals surface area contributed by atoms with Crippen LogP contribution in [0.25, 0.3) is 4.91 Å². The quantitative estimate of drug-likeness (QED) is 0.789. The van der Waals surface area contributed by atoms with Crippen molar-refractivity contribution < 1.29 is 13.2 Å². The molecular weight excluding hydrogens is 223 g/mol. The number of hydrogen-bond acceptors (Lipinski definition) is 2. The maximum absolute atomic E-state index is 12.3. The highest BCUT2D eigenvalue weighted by Crippen LogP contribution is 2.31. The van der Waals surface area contributed by atoms with Gasteiger partial charge in [-0.2, -0.15) is 13.2 Å². The van der Waals surface area contributed by atoms with E-state index in [4.69, 9.17) is 6.58 Å². The smallest absolute Gasteiger partial charge is 0.256 e. The van der Waals surface area contributed by atoms with E-state index < -0.39 is 11.7 Å². The summed E-state index contributed by atoms with van der Waals surface area (Å²) in [4.78, 5) is 4.10. The number of pyridine rings is 1. The predicted octanol–water partition coefficient (Wildman–Crippen LogP) is 3.63. The molecule has 0 aliphatic heterocycles. The van der Waals surface area contributed by atoms with Gasteiger partial charge in [-0.15, -0.1) is 11.8 Å². The Morgan fingerprint density at radius 3 is 2.73 bits per heavy atom. The van der Waals surface area contributed by atoms with Gasteiger partial charge >= 0.3 is 6.18 Å². The van der Waals surface area contributed by atoms with Gasteiger partial charge in [0.15, 0.2) is 0 Å². The zero-order valence-electron chi connectivity index (χ0n) is 8.01. The van der Waals surface area contributed by atoms with Gasteiger partial charge in [0.25, 0.3) is 0 Å². The molecule has 0 aliphatic carbocycles. The van der Waals surface area contributed by atoms with Crippen molar-refractivity contribution in [1.29, 1.82) is 0 Å². The van der Waals surface area contributed by atoms with E-state index in [2.05, 4.69) is 4.98 Å². The van der Waals surface area contributed by atoms with E-state index in [1.165, 1.54) is 11.8 Å². The average Bonchev–Trinajstić information content (AvgIpc) is 2.17. The molecule has 0 unspecified atom stereocenters. The molecule has 1 heterocycles. The van der Waals surface area contributed by atoms with Crippen LogP contribution in [0.4, 0.5) is 13.2 Å². The van der Waals surface area contributed by atoms with E-state index >= 15 is 0 Å². The van der Waals surface area contributed by atoms with E-state index in [9.17, 15) is 13.2 Å². The molecule has 0 amide bonds. The van der Waals surface area contributed by atoms with Crippen molar-refractivity contribution in [2.75, 3.05) is 5.75 Å². The monoisotopic (exact) mass is 232 g/mol. The molecule has 0 aromatic carbocycles. The molecule has 0 saturated carbocycles. The molecule has 0 bridgehead atoms. The molecule has 0 atom stereocenters. The third kappa shape index (κ3) is 3.27. The standard InChI is InChI=1S/C10H9F3NS/c1-3-15-7(2)9-6-8(4-5-14-9)10(11,12)13/h2,4-6H,3H2,1H3. The minimum absolute atomic E-state index is 0.177. The lowest BCUT2D eigenvalue weighted by Crippen LogP contribution is -2.05. The SMILES string of the molecule is [CH]=C(SCC)c1cc(C(F)(F)F)ccn1. The highest BCUT2D eigenvalue weighted by molar-refractivity contribution is 8.08. The Labute approximate surface area is 90.4 Å². The molecule has 0 N–H and O–H groups in total. The van der Waals surface area contributed by atoms with E-state index in [-0.39, 0.29) is 5.69 Å². The van der Waals surface area contributed by atoms with Crippen molar-refractivity contribution in [3.05, 3.63) is 36.2 Å². The van der Waals surface area contributed by atoms with E-state index in [1.807, 2.05) is 6.92 Å². The molecular formula is C10H9F3NS. The lowest BCUT2D eigenvalue weighted by Gasteiger charge is -2.08. The topological polar surface area (TPSA) is 12.9 Å². The van der Waals surface area contributed by atoms with Gasteiger partial charge in [0.2, 0.25) is 0 Å². The summed E-state index contributed by atoms with van der Waals surface area (Å²) in [5.74, 6) is 0.698. The van der Waals surface area contributed by atoms with Crippen LogP contribution in [-0.2, 0) is 6.18 Å². The minimum Gasteiger partial charge on any atom is -0.256 e. The van der Waals surface area contributed by atoms with Crippen LogP contribution in [0.3, 0.4) is 0 Å². The summed E-state index contributed by atoms with van der Waals surface area (Å²) in [5, 5.41) is 0. The first kappa shape index (κ1) is 12.1. The number of alkyl halides is 3. The highest BCUT2D eigenvalue weighted by Gasteiger charge is 2.30. The Hall–Kier alpha value is -0.970. The van der Waals surface area contributed by atoms with Crippen LogP contribution >= 0.6 is 11.8 Å². The summed E-state index contributed by atoms with van der Waals surface area (Å²) < 4.78 is 37.0. The van der Waals surface area contributed by atoms with Crippen LogP contribution in [0.2, 0.25) is 0 Å². The predicted molar refractivity (Wildman–Crippen MR) is 55.1 cm³/mol. The second kappa shape index (κ2) is 4.70. The van der Waals surface area contributed by atoms with Crippen molar-refractivity contribution in [2.45, 2.75) is 13.1 Å². The fourth-order valence-corrected chi connectivity index (χ4v) is 1.54. The first-order valence-corrected chi connectivity index (χ1v) is 5.22. The summed E-state index contributed by atoms with van der Waals surface area (Å²) >= 11 is 1.27. The Kier molecular flexibility index (Phi) is 3.79. The molecule has 1 rings (SSSR count). The second-order valence-electron chi connectivity index (χ2n) is 2.72. The van der Waals surface area contributed by atoms with Gasteiger partial charge in [-0.25, -0.2) is 0 Å². The Bertz CT molecular complexity index is 360. The molecule has 1 aromatic rings. The van der Waals surface area contributed by atoms with Gasteiger partial charge < -0.3 is 0 Å². The number of thioether (sulfide) groups is 1. The van der Waals surface area contributed by atoms with Crippen LogP contribution in [0, 0.1) is 6.58 Å². The Morgan fingerprint density at radius 1 is 1.53 bits per heavy atom. The average molecular weight is 232 g/mol. The van der Waals surface area contributed by atoms with Gasteiger partial charge in [-0.05, 0) is 24.5 Å². The van der Waals surface area contributed by atoms with Gasteiger partial charge in [0.1, 0.15) is 0 Å². The molecule has 0 aliphatic rings. The van der Waals surface area contributed by atoms with Crippen LogP contribution in [0.15, 0.2) is 18.3 Å². The molecule has 0 fully saturated rings. The van der Waals surface area contributed by atoms with E-state index in [0.29, 0.717) is 10.7 Å². The summed E-state index contributed by atoms with van der Waals surface area (Å²) in [6.45, 7) is 7.43.